The number of nitrogens with zero attached hydrogens (tertiary/aromatic N) is 4. The largest absolute Gasteiger partial charge is 0.490 e. The van der Waals surface area contributed by atoms with Crippen LogP contribution in [0, 0.1) is 17.2 Å². The normalized spacial score (nSPS) is 13.8. The van der Waals surface area contributed by atoms with Crippen LogP contribution in [0.1, 0.15) is 59.4 Å². The van der Waals surface area contributed by atoms with Crippen molar-refractivity contribution in [3.8, 4) is 23.1 Å². The highest BCUT2D eigenvalue weighted by molar-refractivity contribution is 5.67. The average molecular weight is 479 g/mol. The number of benzene rings is 1. The van der Waals surface area contributed by atoms with Gasteiger partial charge in [0.15, 0.2) is 0 Å². The van der Waals surface area contributed by atoms with Gasteiger partial charge in [-0.1, -0.05) is 13.8 Å². The van der Waals surface area contributed by atoms with E-state index in [0.29, 0.717) is 12.0 Å². The Balaban J connectivity index is 2.40. The number of ether oxygens (including phenoxy) is 1. The van der Waals surface area contributed by atoms with Crippen LogP contribution in [0.5, 0.6) is 5.75 Å². The molecule has 1 aromatic heterocycles. The molecule has 0 saturated heterocycles. The molecule has 1 heterocycles. The van der Waals surface area contributed by atoms with Crippen LogP contribution in [0.15, 0.2) is 30.5 Å². The molecule has 1 N–H and O–H groups in total. The van der Waals surface area contributed by atoms with Gasteiger partial charge in [-0.05, 0) is 64.3 Å². The van der Waals surface area contributed by atoms with Gasteiger partial charge in [-0.2, -0.15) is 18.4 Å². The Kier molecular flexibility index (Phi) is 7.81. The highest BCUT2D eigenvalue weighted by Gasteiger charge is 2.43. The van der Waals surface area contributed by atoms with E-state index in [0.717, 1.165) is 6.20 Å². The molecule has 0 bridgehead atoms. The monoisotopic (exact) mass is 478 g/mol. The molecular weight excluding hydrogens is 449 g/mol. The number of hydrogen-bond donors (Lipinski definition) is 1. The van der Waals surface area contributed by atoms with Crippen molar-refractivity contribution in [2.24, 2.45) is 5.92 Å². The third kappa shape index (κ3) is 6.37. The summed E-state index contributed by atoms with van der Waals surface area (Å²) >= 11 is 0. The summed E-state index contributed by atoms with van der Waals surface area (Å²) in [5, 5.41) is 19.6. The molecule has 2 rings (SSSR count). The second-order valence-electron chi connectivity index (χ2n) is 9.76. The number of halogens is 3. The average Bonchev–Trinajstić information content (AvgIpc) is 2.69. The predicted octanol–water partition coefficient (Wildman–Crippen LogP) is 6.00. The van der Waals surface area contributed by atoms with Crippen molar-refractivity contribution in [2.75, 3.05) is 6.61 Å². The smallest absolute Gasteiger partial charge is 0.451 e. The van der Waals surface area contributed by atoms with Crippen LogP contribution < -0.4 is 4.74 Å². The van der Waals surface area contributed by atoms with Crippen molar-refractivity contribution in [2.45, 2.75) is 65.2 Å². The minimum absolute atomic E-state index is 0.0137. The highest BCUT2D eigenvalue weighted by Crippen LogP contribution is 2.34. The van der Waals surface area contributed by atoms with E-state index in [1.165, 1.54) is 29.2 Å². The Morgan fingerprint density at radius 1 is 1.21 bits per heavy atom. The summed E-state index contributed by atoms with van der Waals surface area (Å²) in [4.78, 5) is 20.3. The maximum absolute atomic E-state index is 13.0. The summed E-state index contributed by atoms with van der Waals surface area (Å²) in [6.07, 6.45) is -4.26. The van der Waals surface area contributed by atoms with Crippen LogP contribution in [0.4, 0.5) is 18.0 Å². The third-order valence-corrected chi connectivity index (χ3v) is 5.09. The maximum atomic E-state index is 13.0. The second kappa shape index (κ2) is 9.87. The molecule has 0 unspecified atom stereocenters. The van der Waals surface area contributed by atoms with Gasteiger partial charge in [-0.25, -0.2) is 14.8 Å². The topological polar surface area (TPSA) is 99.3 Å². The molecule has 0 aliphatic heterocycles. The number of carbonyl (C=O) groups is 1. The van der Waals surface area contributed by atoms with Crippen molar-refractivity contribution in [1.29, 1.82) is 5.26 Å². The van der Waals surface area contributed by atoms with Crippen molar-refractivity contribution in [3.63, 3.8) is 0 Å². The molecular formula is C24H29F3N4O3. The van der Waals surface area contributed by atoms with Crippen LogP contribution in [0.25, 0.3) is 11.3 Å². The first-order chi connectivity index (χ1) is 15.6. The Morgan fingerprint density at radius 2 is 1.85 bits per heavy atom. The molecule has 184 valence electrons. The van der Waals surface area contributed by atoms with Gasteiger partial charge in [0.1, 0.15) is 18.4 Å². The number of carboxylic acid groups (broad SMARTS) is 1. The fraction of sp³-hybridized carbons (Fsp3) is 0.500. The summed E-state index contributed by atoms with van der Waals surface area (Å²) < 4.78 is 44.8. The van der Waals surface area contributed by atoms with Gasteiger partial charge < -0.3 is 9.84 Å². The zero-order valence-electron chi connectivity index (χ0n) is 20.1. The summed E-state index contributed by atoms with van der Waals surface area (Å²) in [6, 6.07) is 7.66. The first kappa shape index (κ1) is 26.9. The van der Waals surface area contributed by atoms with Crippen LogP contribution in [-0.4, -0.2) is 43.8 Å². The molecule has 0 aliphatic carbocycles. The van der Waals surface area contributed by atoms with Crippen LogP contribution in [-0.2, 0) is 6.18 Å². The van der Waals surface area contributed by atoms with Crippen LogP contribution in [0.2, 0.25) is 0 Å². The second-order valence-corrected chi connectivity index (χ2v) is 9.76. The summed E-state index contributed by atoms with van der Waals surface area (Å²) in [5.74, 6) is -0.911. The lowest BCUT2D eigenvalue weighted by molar-refractivity contribution is -0.144. The number of alkyl halides is 3. The van der Waals surface area contributed by atoms with Crippen molar-refractivity contribution >= 4 is 6.09 Å². The van der Waals surface area contributed by atoms with Gasteiger partial charge in [0.2, 0.25) is 5.82 Å². The number of aromatic nitrogens is 2. The lowest BCUT2D eigenvalue weighted by Crippen LogP contribution is -2.61. The number of amides is 1. The minimum Gasteiger partial charge on any atom is -0.490 e. The fourth-order valence-electron chi connectivity index (χ4n) is 4.21. The van der Waals surface area contributed by atoms with Crippen molar-refractivity contribution < 1.29 is 27.8 Å². The number of hydrogen-bond acceptors (Lipinski definition) is 5. The van der Waals surface area contributed by atoms with Gasteiger partial charge in [0, 0.05) is 17.3 Å². The SMILES string of the molecule is CC(C)C[C@@](C)(COc1ccc(-c2ccnc(C(F)(F)F)n2)cc1C#N)N(C(=O)O)C(C)(C)C. The van der Waals surface area contributed by atoms with Crippen LogP contribution >= 0.6 is 0 Å². The van der Waals surface area contributed by atoms with Gasteiger partial charge in [-0.3, -0.25) is 4.90 Å². The number of rotatable bonds is 7. The molecule has 0 saturated carbocycles. The highest BCUT2D eigenvalue weighted by atomic mass is 19.4. The molecule has 1 atom stereocenters. The Labute approximate surface area is 197 Å². The summed E-state index contributed by atoms with van der Waals surface area (Å²) in [6.45, 7) is 11.1. The molecule has 0 radical (unpaired) electrons. The quantitative estimate of drug-likeness (QED) is 0.524. The predicted molar refractivity (Wildman–Crippen MR) is 120 cm³/mol. The molecule has 1 aromatic carbocycles. The van der Waals surface area contributed by atoms with E-state index in [9.17, 15) is 28.3 Å². The maximum Gasteiger partial charge on any atom is 0.451 e. The van der Waals surface area contributed by atoms with E-state index >= 15 is 0 Å². The zero-order chi connectivity index (χ0) is 25.9. The lowest BCUT2D eigenvalue weighted by Gasteiger charge is -2.47. The first-order valence-corrected chi connectivity index (χ1v) is 10.7. The van der Waals surface area contributed by atoms with Gasteiger partial charge >= 0.3 is 12.3 Å². The van der Waals surface area contributed by atoms with Crippen molar-refractivity contribution in [3.05, 3.63) is 41.9 Å². The Morgan fingerprint density at radius 3 is 2.35 bits per heavy atom. The van der Waals surface area contributed by atoms with Gasteiger partial charge in [0.05, 0.1) is 16.8 Å². The first-order valence-electron chi connectivity index (χ1n) is 10.7. The minimum atomic E-state index is -4.69. The zero-order valence-corrected chi connectivity index (χ0v) is 20.1. The molecule has 1 amide bonds. The molecule has 10 heteroatoms. The lowest BCUT2D eigenvalue weighted by atomic mass is 9.86. The van der Waals surface area contributed by atoms with E-state index in [1.807, 2.05) is 19.9 Å². The van der Waals surface area contributed by atoms with E-state index in [1.54, 1.807) is 27.7 Å². The molecule has 0 spiro atoms. The Hall–Kier alpha value is -3.35. The number of nitriles is 1. The van der Waals surface area contributed by atoms with E-state index in [2.05, 4.69) is 9.97 Å². The summed E-state index contributed by atoms with van der Waals surface area (Å²) in [7, 11) is 0. The Bertz CT molecular complexity index is 1070. The van der Waals surface area contributed by atoms with Crippen LogP contribution in [0.3, 0.4) is 0 Å². The van der Waals surface area contributed by atoms with E-state index < -0.39 is 29.2 Å². The molecule has 0 fully saturated rings. The molecule has 0 aliphatic rings. The molecule has 2 aromatic rings. The fourth-order valence-corrected chi connectivity index (χ4v) is 4.21. The van der Waals surface area contributed by atoms with Crippen molar-refractivity contribution in [1.82, 2.24) is 14.9 Å². The molecule has 7 nitrogen and oxygen atoms in total. The van der Waals surface area contributed by atoms with Gasteiger partial charge in [0.25, 0.3) is 0 Å². The van der Waals surface area contributed by atoms with E-state index in [4.69, 9.17) is 4.74 Å². The van der Waals surface area contributed by atoms with E-state index in [-0.39, 0.29) is 29.5 Å². The molecule has 34 heavy (non-hydrogen) atoms. The standard InChI is InChI=1S/C24H29F3N4O3/c1-15(2)12-23(6,31(21(32)33)22(3,4)5)14-34-19-8-7-16(11-17(19)13-28)18-9-10-29-20(30-18)24(25,26)27/h7-11,15H,12,14H2,1-6H3,(H,32,33)/t23-/m0/s1. The van der Waals surface area contributed by atoms with Gasteiger partial charge in [-0.15, -0.1) is 0 Å². The third-order valence-electron chi connectivity index (χ3n) is 5.09. The summed E-state index contributed by atoms with van der Waals surface area (Å²) in [5.41, 5.74) is -1.21.